The van der Waals surface area contributed by atoms with Gasteiger partial charge in [-0.15, -0.1) is 0 Å². The molecule has 5 rings (SSSR count). The Hall–Kier alpha value is -3.37. The summed E-state index contributed by atoms with van der Waals surface area (Å²) in [7, 11) is 1.66. The summed E-state index contributed by atoms with van der Waals surface area (Å²) in [6.45, 7) is -0.811. The lowest BCUT2D eigenvalue weighted by atomic mass is 9.96. The number of hydrogen-bond donors (Lipinski definition) is 2. The maximum absolute atomic E-state index is 12.9. The first kappa shape index (κ1) is 24.3. The van der Waals surface area contributed by atoms with Gasteiger partial charge in [-0.2, -0.15) is 0 Å². The van der Waals surface area contributed by atoms with E-state index in [0.29, 0.717) is 16.9 Å². The van der Waals surface area contributed by atoms with Crippen molar-refractivity contribution < 1.29 is 24.2 Å². The van der Waals surface area contributed by atoms with Gasteiger partial charge in [-0.05, 0) is 66.4 Å². The van der Waals surface area contributed by atoms with Crippen LogP contribution >= 0.6 is 24.0 Å². The summed E-state index contributed by atoms with van der Waals surface area (Å²) in [5, 5.41) is 11.0. The molecule has 0 radical (unpaired) electrons. The van der Waals surface area contributed by atoms with Crippen molar-refractivity contribution in [2.75, 3.05) is 25.1 Å². The molecule has 1 saturated carbocycles. The summed E-state index contributed by atoms with van der Waals surface area (Å²) in [5.41, 5.74) is 4.52. The van der Waals surface area contributed by atoms with Crippen LogP contribution in [0.4, 0.5) is 11.4 Å². The van der Waals surface area contributed by atoms with E-state index in [1.54, 1.807) is 7.11 Å². The molecule has 2 atom stereocenters. The SMILES string of the molecule is COc1ccc(N2c3ccc(/C=C4/SC(=S)N(CC(=O)NCC(=O)O)C4=O)cc3C3CCCC32)cc1. The number of rotatable bonds is 7. The minimum Gasteiger partial charge on any atom is -0.497 e. The number of aliphatic carboxylic acids is 1. The van der Waals surface area contributed by atoms with Gasteiger partial charge in [0.1, 0.15) is 23.2 Å². The maximum atomic E-state index is 12.9. The molecule has 2 amide bonds. The lowest BCUT2D eigenvalue weighted by molar-refractivity contribution is -0.138. The third-order valence-corrected chi connectivity index (χ3v) is 8.16. The number of nitrogens with zero attached hydrogens (tertiary/aromatic N) is 2. The van der Waals surface area contributed by atoms with Crippen LogP contribution in [0.5, 0.6) is 5.75 Å². The highest BCUT2D eigenvalue weighted by Crippen LogP contribution is 2.52. The molecule has 0 spiro atoms. The number of methoxy groups -OCH3 is 1. The highest BCUT2D eigenvalue weighted by Gasteiger charge is 2.42. The van der Waals surface area contributed by atoms with E-state index in [-0.39, 0.29) is 16.8 Å². The van der Waals surface area contributed by atoms with E-state index in [4.69, 9.17) is 22.1 Å². The van der Waals surface area contributed by atoms with E-state index in [1.807, 2.05) is 24.3 Å². The van der Waals surface area contributed by atoms with Gasteiger partial charge in [0.15, 0.2) is 0 Å². The van der Waals surface area contributed by atoms with Crippen LogP contribution in [0.3, 0.4) is 0 Å². The van der Waals surface area contributed by atoms with Gasteiger partial charge in [0.25, 0.3) is 5.91 Å². The Kier molecular flexibility index (Phi) is 6.72. The molecule has 10 heteroatoms. The van der Waals surface area contributed by atoms with Gasteiger partial charge < -0.3 is 20.1 Å². The lowest BCUT2D eigenvalue weighted by Gasteiger charge is -2.27. The molecule has 2 aliphatic heterocycles. The monoisotopic (exact) mass is 523 g/mol. The predicted octanol–water partition coefficient (Wildman–Crippen LogP) is 3.89. The Bertz CT molecular complexity index is 1280. The standard InChI is InChI=1S/C26H25N3O5S2/c1-34-17-8-6-16(7-9-17)29-20-4-2-3-18(20)19-11-15(5-10-21(19)29)12-22-25(33)28(26(35)36-22)14-23(30)27-13-24(31)32/h5-12,18,20H,2-4,13-14H2,1H3,(H,27,30)(H,31,32)/b22-12+. The number of carboxylic acids is 1. The first-order valence-electron chi connectivity index (χ1n) is 11.7. The number of thioether (sulfide) groups is 1. The normalized spacial score (nSPS) is 21.6. The smallest absolute Gasteiger partial charge is 0.322 e. The van der Waals surface area contributed by atoms with Crippen LogP contribution in [0.2, 0.25) is 0 Å². The van der Waals surface area contributed by atoms with Crippen LogP contribution in [0.25, 0.3) is 6.08 Å². The van der Waals surface area contributed by atoms with Gasteiger partial charge in [0, 0.05) is 23.3 Å². The number of anilines is 2. The Balaban J connectivity index is 1.38. The molecule has 0 aromatic heterocycles. The topological polar surface area (TPSA) is 99.2 Å². The zero-order valence-electron chi connectivity index (χ0n) is 19.6. The molecule has 186 valence electrons. The second-order valence-electron chi connectivity index (χ2n) is 8.93. The van der Waals surface area contributed by atoms with E-state index >= 15 is 0 Å². The number of carbonyl (C=O) groups excluding carboxylic acids is 2. The first-order chi connectivity index (χ1) is 17.4. The number of hydrogen-bond acceptors (Lipinski definition) is 7. The number of amides is 2. The van der Waals surface area contributed by atoms with Crippen LogP contribution in [0, 0.1) is 0 Å². The second kappa shape index (κ2) is 9.94. The first-order valence-corrected chi connectivity index (χ1v) is 12.9. The van der Waals surface area contributed by atoms with Gasteiger partial charge >= 0.3 is 5.97 Å². The average molecular weight is 524 g/mol. The van der Waals surface area contributed by atoms with Gasteiger partial charge in [0.05, 0.1) is 12.0 Å². The minimum atomic E-state index is -1.15. The summed E-state index contributed by atoms with van der Waals surface area (Å²) < 4.78 is 5.60. The number of benzene rings is 2. The van der Waals surface area contributed by atoms with Crippen molar-refractivity contribution in [1.29, 1.82) is 0 Å². The maximum Gasteiger partial charge on any atom is 0.322 e. The zero-order chi connectivity index (χ0) is 25.4. The van der Waals surface area contributed by atoms with E-state index in [0.717, 1.165) is 41.6 Å². The highest BCUT2D eigenvalue weighted by atomic mass is 32.2. The van der Waals surface area contributed by atoms with E-state index in [1.165, 1.54) is 22.6 Å². The fourth-order valence-electron chi connectivity index (χ4n) is 5.20. The van der Waals surface area contributed by atoms with Crippen LogP contribution < -0.4 is 15.0 Å². The molecule has 2 unspecified atom stereocenters. The van der Waals surface area contributed by atoms with Crippen molar-refractivity contribution in [2.24, 2.45) is 0 Å². The molecule has 2 N–H and O–H groups in total. The molecule has 2 heterocycles. The van der Waals surface area contributed by atoms with Crippen molar-refractivity contribution >= 4 is 63.5 Å². The second-order valence-corrected chi connectivity index (χ2v) is 10.6. The number of carboxylic acid groups (broad SMARTS) is 1. The van der Waals surface area contributed by atoms with Crippen molar-refractivity contribution in [3.05, 3.63) is 58.5 Å². The molecule has 2 fully saturated rings. The van der Waals surface area contributed by atoms with Crippen LogP contribution in [-0.4, -0.2) is 58.4 Å². The largest absolute Gasteiger partial charge is 0.497 e. The van der Waals surface area contributed by atoms with Crippen molar-refractivity contribution in [3.63, 3.8) is 0 Å². The van der Waals surface area contributed by atoms with Crippen LogP contribution in [0.15, 0.2) is 47.4 Å². The number of nitrogens with one attached hydrogen (secondary N) is 1. The molecule has 8 nitrogen and oxygen atoms in total. The van der Waals surface area contributed by atoms with Crippen LogP contribution in [-0.2, 0) is 14.4 Å². The molecule has 2 aromatic rings. The number of ether oxygens (including phenoxy) is 1. The third kappa shape index (κ3) is 4.58. The molecule has 1 aliphatic carbocycles. The number of thiocarbonyl (C=S) groups is 1. The molecular weight excluding hydrogens is 498 g/mol. The van der Waals surface area contributed by atoms with Crippen LogP contribution in [0.1, 0.15) is 36.3 Å². The van der Waals surface area contributed by atoms with E-state index in [9.17, 15) is 14.4 Å². The fourth-order valence-corrected chi connectivity index (χ4v) is 6.46. The van der Waals surface area contributed by atoms with Crippen molar-refractivity contribution in [2.45, 2.75) is 31.2 Å². The lowest BCUT2D eigenvalue weighted by Crippen LogP contribution is -2.41. The Labute approximate surface area is 218 Å². The van der Waals surface area contributed by atoms with E-state index < -0.39 is 18.4 Å². The molecule has 36 heavy (non-hydrogen) atoms. The van der Waals surface area contributed by atoms with Gasteiger partial charge in [-0.1, -0.05) is 36.5 Å². The summed E-state index contributed by atoms with van der Waals surface area (Å²) in [6.07, 6.45) is 5.24. The zero-order valence-corrected chi connectivity index (χ0v) is 21.2. The third-order valence-electron chi connectivity index (χ3n) is 6.78. The van der Waals surface area contributed by atoms with Gasteiger partial charge in [-0.3, -0.25) is 19.3 Å². The molecule has 1 saturated heterocycles. The minimum absolute atomic E-state index is 0.277. The van der Waals surface area contributed by atoms with Crippen molar-refractivity contribution in [3.8, 4) is 5.75 Å². The predicted molar refractivity (Wildman–Crippen MR) is 142 cm³/mol. The van der Waals surface area contributed by atoms with Crippen molar-refractivity contribution in [1.82, 2.24) is 10.2 Å². The Morgan fingerprint density at radius 1 is 1.22 bits per heavy atom. The summed E-state index contributed by atoms with van der Waals surface area (Å²) in [6, 6.07) is 14.8. The summed E-state index contributed by atoms with van der Waals surface area (Å²) in [5.74, 6) is -0.815. The Morgan fingerprint density at radius 3 is 2.72 bits per heavy atom. The summed E-state index contributed by atoms with van der Waals surface area (Å²) >= 11 is 6.46. The molecule has 2 aromatic carbocycles. The number of fused-ring (bicyclic) bond motifs is 3. The summed E-state index contributed by atoms with van der Waals surface area (Å²) in [4.78, 5) is 39.7. The molecule has 3 aliphatic rings. The Morgan fingerprint density at radius 2 is 2.00 bits per heavy atom. The number of carbonyl (C=O) groups is 3. The quantitative estimate of drug-likeness (QED) is 0.417. The average Bonchev–Trinajstić information content (AvgIpc) is 3.53. The van der Waals surface area contributed by atoms with Gasteiger partial charge in [0.2, 0.25) is 5.91 Å². The molecule has 0 bridgehead atoms. The van der Waals surface area contributed by atoms with E-state index in [2.05, 4.69) is 34.5 Å². The fraction of sp³-hybridized carbons (Fsp3) is 0.308. The molecular formula is C26H25N3O5S2. The highest BCUT2D eigenvalue weighted by molar-refractivity contribution is 8.26. The van der Waals surface area contributed by atoms with Gasteiger partial charge in [-0.25, -0.2) is 0 Å².